The Morgan fingerprint density at radius 1 is 1.14 bits per heavy atom. The zero-order chi connectivity index (χ0) is 37.1. The highest BCUT2D eigenvalue weighted by Crippen LogP contribution is 2.40. The molecule has 1 aromatic carbocycles. The molecule has 2 aliphatic rings. The smallest absolute Gasteiger partial charge is 0.409 e. The highest BCUT2D eigenvalue weighted by Gasteiger charge is 2.60. The summed E-state index contributed by atoms with van der Waals surface area (Å²) >= 11 is 0. The van der Waals surface area contributed by atoms with Gasteiger partial charge in [-0.2, -0.15) is 4.98 Å². The highest BCUT2D eigenvalue weighted by atomic mass is 16.6. The van der Waals surface area contributed by atoms with Gasteiger partial charge in [0, 0.05) is 29.7 Å². The minimum absolute atomic E-state index is 0.0163. The monoisotopic (exact) mass is 700 g/mol. The highest BCUT2D eigenvalue weighted by molar-refractivity contribution is 6.15. The molecular formula is C37H49BN6O7. The maximum absolute atomic E-state index is 14.0. The number of benzene rings is 1. The molecule has 0 aliphatic carbocycles. The van der Waals surface area contributed by atoms with Crippen molar-refractivity contribution in [3.8, 4) is 0 Å². The number of carbonyl (C=O) groups is 3. The molecule has 3 aromatic rings. The molecule has 13 nitrogen and oxygen atoms in total. The number of ether oxygens (including phenoxy) is 3. The fourth-order valence-electron chi connectivity index (χ4n) is 7.49. The first-order valence-corrected chi connectivity index (χ1v) is 17.7. The molecule has 0 saturated carbocycles. The number of hydrogen-bond acceptors (Lipinski definition) is 11. The molecule has 9 atom stereocenters. The molecule has 2 aromatic heterocycles. The van der Waals surface area contributed by atoms with Gasteiger partial charge in [0.05, 0.1) is 17.7 Å². The number of nitrogens with zero attached hydrogens (tertiary/aromatic N) is 3. The van der Waals surface area contributed by atoms with Gasteiger partial charge in [-0.15, -0.1) is 0 Å². The lowest BCUT2D eigenvalue weighted by Gasteiger charge is -2.41. The van der Waals surface area contributed by atoms with Crippen LogP contribution in [0.4, 0.5) is 10.6 Å². The second kappa shape index (κ2) is 15.4. The van der Waals surface area contributed by atoms with Crippen molar-refractivity contribution in [3.05, 3.63) is 70.9 Å². The number of fused-ring (bicyclic) bond motifs is 2. The summed E-state index contributed by atoms with van der Waals surface area (Å²) in [5.74, 6) is -3.09. The van der Waals surface area contributed by atoms with Gasteiger partial charge in [0.25, 0.3) is 5.72 Å². The topological polar surface area (TPSA) is 177 Å². The van der Waals surface area contributed by atoms with Gasteiger partial charge in [-0.3, -0.25) is 19.1 Å². The van der Waals surface area contributed by atoms with Crippen LogP contribution in [0.2, 0.25) is 5.82 Å². The van der Waals surface area contributed by atoms with Crippen LogP contribution in [0.15, 0.2) is 59.7 Å². The molecule has 0 spiro atoms. The largest absolute Gasteiger partial charge is 0.455 e. The van der Waals surface area contributed by atoms with E-state index in [0.29, 0.717) is 19.6 Å². The summed E-state index contributed by atoms with van der Waals surface area (Å²) in [6.45, 7) is 11.8. The van der Waals surface area contributed by atoms with Gasteiger partial charge in [-0.05, 0) is 75.7 Å². The Labute approximate surface area is 299 Å². The van der Waals surface area contributed by atoms with Crippen LogP contribution in [0.3, 0.4) is 0 Å². The van der Waals surface area contributed by atoms with Crippen molar-refractivity contribution in [1.29, 1.82) is 0 Å². The van der Waals surface area contributed by atoms with Gasteiger partial charge in [0.15, 0.2) is 6.10 Å². The Hall–Kier alpha value is -4.56. The van der Waals surface area contributed by atoms with E-state index in [1.165, 1.54) is 19.2 Å². The number of amides is 1. The number of esters is 1. The second-order valence-corrected chi connectivity index (χ2v) is 14.3. The SMILES string of the molecule is B[C@@H]1[C@@H](C)C(=O)C(C)C(=O)O[C@H](CC)[C@@]2(n3ccc(N)nc3=O)OC(=O)N[C@@H]2[C@@H](C)NC[C@H](C)C[C@@]1(C)OC/C=C/c1cnc2ccccc2c1. The molecule has 4 N–H and O–H groups in total. The molecule has 1 unspecified atom stereocenters. The van der Waals surface area contributed by atoms with Crippen LogP contribution in [0.1, 0.15) is 59.9 Å². The van der Waals surface area contributed by atoms with E-state index < -0.39 is 59.1 Å². The number of carbonyl (C=O) groups excluding carboxylic acids is 3. The minimum Gasteiger partial charge on any atom is -0.455 e. The number of anilines is 1. The van der Waals surface area contributed by atoms with Gasteiger partial charge >= 0.3 is 17.8 Å². The molecule has 0 radical (unpaired) electrons. The van der Waals surface area contributed by atoms with Gasteiger partial charge in [0.1, 0.15) is 31.4 Å². The van der Waals surface area contributed by atoms with Crippen LogP contribution in [0, 0.1) is 17.8 Å². The van der Waals surface area contributed by atoms with Crippen LogP contribution in [0.25, 0.3) is 17.0 Å². The molecule has 4 heterocycles. The third-order valence-corrected chi connectivity index (χ3v) is 10.7. The van der Waals surface area contributed by atoms with Crippen LogP contribution >= 0.6 is 0 Å². The van der Waals surface area contributed by atoms with E-state index in [1.54, 1.807) is 6.92 Å². The van der Waals surface area contributed by atoms with Crippen molar-refractivity contribution < 1.29 is 28.6 Å². The van der Waals surface area contributed by atoms with Crippen molar-refractivity contribution in [2.24, 2.45) is 17.8 Å². The number of cyclic esters (lactones) is 1. The van der Waals surface area contributed by atoms with Crippen molar-refractivity contribution in [3.63, 3.8) is 0 Å². The summed E-state index contributed by atoms with van der Waals surface area (Å²) in [7, 11) is 1.98. The van der Waals surface area contributed by atoms with Crippen LogP contribution in [-0.4, -0.2) is 77.2 Å². The molecule has 2 aliphatic heterocycles. The molecule has 14 heteroatoms. The van der Waals surface area contributed by atoms with E-state index in [9.17, 15) is 19.2 Å². The quantitative estimate of drug-likeness (QED) is 0.196. The van der Waals surface area contributed by atoms with Crippen LogP contribution < -0.4 is 22.1 Å². The lowest BCUT2D eigenvalue weighted by Crippen LogP contribution is -2.64. The minimum atomic E-state index is -1.83. The summed E-state index contributed by atoms with van der Waals surface area (Å²) in [5, 5.41) is 7.41. The van der Waals surface area contributed by atoms with Crippen LogP contribution in [0.5, 0.6) is 0 Å². The van der Waals surface area contributed by atoms with E-state index in [1.807, 2.05) is 71.2 Å². The first-order chi connectivity index (χ1) is 24.2. The molecular weight excluding hydrogens is 651 g/mol. The number of pyridine rings is 1. The number of para-hydroxylation sites is 1. The standard InChI is InChI=1S/C37H49BN6O7/c1-7-28-37(44-15-14-29(39)42-34(44)47)32(43-35(48)51-37)24(5)40-19-21(2)18-36(6,31(38)22(3)30(45)23(4)33(46)50-28)49-16-10-11-25-17-26-12-8-9-13-27(26)41-20-25/h8-15,17,20-24,28,31-32,40H,7,16,18-19,38H2,1-6H3,(H,43,48)(H2,39,42,47)/b11-10+/t21-,22+,23?,24-,28-,31-,32-,36-,37-/m1/s1. The summed E-state index contributed by atoms with van der Waals surface area (Å²) in [4.78, 5) is 62.6. The predicted molar refractivity (Wildman–Crippen MR) is 196 cm³/mol. The molecule has 2 saturated heterocycles. The van der Waals surface area contributed by atoms with E-state index in [0.717, 1.165) is 21.0 Å². The number of rotatable bonds is 6. The van der Waals surface area contributed by atoms with Crippen LogP contribution in [-0.2, 0) is 29.5 Å². The Bertz CT molecular complexity index is 1850. The lowest BCUT2D eigenvalue weighted by molar-refractivity contribution is -0.186. The summed E-state index contributed by atoms with van der Waals surface area (Å²) in [6, 6.07) is 10.0. The van der Waals surface area contributed by atoms with Crippen molar-refractivity contribution in [2.45, 2.75) is 89.7 Å². The average Bonchev–Trinajstić information content (AvgIpc) is 3.46. The number of nitrogens with two attached hydrogens (primary N) is 1. The molecule has 0 bridgehead atoms. The number of nitrogen functional groups attached to an aromatic ring is 1. The zero-order valence-electron chi connectivity index (χ0n) is 30.4. The number of aromatic nitrogens is 3. The van der Waals surface area contributed by atoms with Gasteiger partial charge in [0.2, 0.25) is 0 Å². The maximum atomic E-state index is 14.0. The molecule has 1 amide bonds. The second-order valence-electron chi connectivity index (χ2n) is 14.3. The van der Waals surface area contributed by atoms with E-state index in [4.69, 9.17) is 19.9 Å². The Morgan fingerprint density at radius 2 is 1.88 bits per heavy atom. The molecule has 51 heavy (non-hydrogen) atoms. The van der Waals surface area contributed by atoms with Gasteiger partial charge in [-0.1, -0.05) is 51.1 Å². The Balaban J connectivity index is 1.46. The van der Waals surface area contributed by atoms with Gasteiger partial charge < -0.3 is 30.6 Å². The number of hydrogen-bond donors (Lipinski definition) is 3. The summed E-state index contributed by atoms with van der Waals surface area (Å²) in [6.07, 6.45) is 5.88. The predicted octanol–water partition coefficient (Wildman–Crippen LogP) is 3.23. The number of Topliss-reactive ketones (excluding diaryl/α,β-unsaturated/α-hetero) is 1. The maximum Gasteiger partial charge on any atom is 0.409 e. The van der Waals surface area contributed by atoms with E-state index in [-0.39, 0.29) is 29.8 Å². The third kappa shape index (κ3) is 7.71. The Kier molecular flexibility index (Phi) is 11.4. The molecule has 5 rings (SSSR count). The van der Waals surface area contributed by atoms with E-state index in [2.05, 4.69) is 33.6 Å². The molecule has 272 valence electrons. The normalized spacial score (nSPS) is 32.4. The lowest BCUT2D eigenvalue weighted by atomic mass is 9.62. The van der Waals surface area contributed by atoms with Crippen molar-refractivity contribution in [2.75, 3.05) is 18.9 Å². The van der Waals surface area contributed by atoms with Crippen molar-refractivity contribution >= 4 is 48.5 Å². The fourth-order valence-corrected chi connectivity index (χ4v) is 7.49. The Morgan fingerprint density at radius 3 is 2.61 bits per heavy atom. The number of nitrogens with one attached hydrogen (secondary N) is 2. The average molecular weight is 701 g/mol. The third-order valence-electron chi connectivity index (χ3n) is 10.7. The zero-order valence-corrected chi connectivity index (χ0v) is 30.4. The van der Waals surface area contributed by atoms with Crippen molar-refractivity contribution in [1.82, 2.24) is 25.2 Å². The first kappa shape index (κ1) is 37.7. The van der Waals surface area contributed by atoms with Gasteiger partial charge in [-0.25, -0.2) is 9.59 Å². The number of alkyl carbamates (subject to hydrolysis) is 1. The summed E-state index contributed by atoms with van der Waals surface area (Å²) in [5.41, 5.74) is 4.29. The number of ketones is 1. The fraction of sp³-hybridized carbons (Fsp3) is 0.514. The molecule has 2 fully saturated rings. The first-order valence-electron chi connectivity index (χ1n) is 17.7. The summed E-state index contributed by atoms with van der Waals surface area (Å²) < 4.78 is 19.8. The van der Waals surface area contributed by atoms with E-state index >= 15 is 0 Å².